The number of halogens is 4. The van der Waals surface area contributed by atoms with E-state index < -0.39 is 5.97 Å². The molecule has 1 aliphatic carbocycles. The van der Waals surface area contributed by atoms with Gasteiger partial charge in [0.1, 0.15) is 5.71 Å². The number of benzene rings is 2. The van der Waals surface area contributed by atoms with Crippen LogP contribution < -0.4 is 5.32 Å². The van der Waals surface area contributed by atoms with E-state index in [-0.39, 0.29) is 32.4 Å². The van der Waals surface area contributed by atoms with Crippen LogP contribution in [0.5, 0.6) is 0 Å². The summed E-state index contributed by atoms with van der Waals surface area (Å²) in [6.45, 7) is 2.54. The largest absolute Gasteiger partial charge is 0.332 e. The number of hydrogen-bond donors (Lipinski definition) is 1. The summed E-state index contributed by atoms with van der Waals surface area (Å²) in [5.41, 5.74) is 2.59. The molecule has 134 valence electrons. The lowest BCUT2D eigenvalue weighted by Gasteiger charge is -2.14. The maximum Gasteiger partial charge on any atom is 0.332 e. The highest BCUT2D eigenvalue weighted by Gasteiger charge is 2.34. The van der Waals surface area contributed by atoms with E-state index in [1.54, 1.807) is 18.2 Å². The van der Waals surface area contributed by atoms with Gasteiger partial charge >= 0.3 is 5.97 Å². The lowest BCUT2D eigenvalue weighted by molar-refractivity contribution is -0.140. The van der Waals surface area contributed by atoms with Crippen molar-refractivity contribution in [1.29, 1.82) is 0 Å². The molecular weight excluding hydrogens is 422 g/mol. The maximum atomic E-state index is 11.5. The molecule has 0 bridgehead atoms. The van der Waals surface area contributed by atoms with Crippen LogP contribution >= 0.6 is 46.4 Å². The van der Waals surface area contributed by atoms with Crippen LogP contribution in [0.15, 0.2) is 23.4 Å². The summed E-state index contributed by atoms with van der Waals surface area (Å²) in [5.74, 6) is -0.977. The van der Waals surface area contributed by atoms with Crippen LogP contribution in [0.4, 0.5) is 5.69 Å². The van der Waals surface area contributed by atoms with Crippen molar-refractivity contribution in [3.8, 4) is 11.1 Å². The molecule has 0 aliphatic heterocycles. The van der Waals surface area contributed by atoms with Crippen LogP contribution in [-0.4, -0.2) is 17.6 Å². The molecule has 1 N–H and O–H groups in total. The van der Waals surface area contributed by atoms with Crippen molar-refractivity contribution in [2.75, 3.05) is 5.32 Å². The van der Waals surface area contributed by atoms with E-state index in [1.165, 1.54) is 13.8 Å². The molecule has 9 heteroatoms. The summed E-state index contributed by atoms with van der Waals surface area (Å²) in [6.07, 6.45) is 0. The van der Waals surface area contributed by atoms with Crippen LogP contribution in [-0.2, 0) is 14.4 Å². The number of nitrogens with one attached hydrogen (secondary N) is 1. The summed E-state index contributed by atoms with van der Waals surface area (Å²) >= 11 is 25.4. The molecule has 0 saturated carbocycles. The van der Waals surface area contributed by atoms with E-state index in [0.29, 0.717) is 27.3 Å². The molecule has 1 aliphatic rings. The van der Waals surface area contributed by atoms with Gasteiger partial charge in [0.05, 0.1) is 20.8 Å². The van der Waals surface area contributed by atoms with Crippen molar-refractivity contribution in [2.45, 2.75) is 13.8 Å². The lowest BCUT2D eigenvalue weighted by Crippen LogP contribution is -2.10. The Bertz CT molecular complexity index is 1000. The van der Waals surface area contributed by atoms with Crippen molar-refractivity contribution < 1.29 is 14.4 Å². The topological polar surface area (TPSA) is 67.8 Å². The SMILES string of the molecule is CC(=O)Nc1c(Cl)c(Cl)c2c(c1Cl)/C(=N/OC(C)=O)c1cc(Cl)ccc1-2. The Morgan fingerprint density at radius 2 is 1.65 bits per heavy atom. The monoisotopic (exact) mass is 430 g/mol. The second kappa shape index (κ2) is 7.08. The Morgan fingerprint density at radius 1 is 0.962 bits per heavy atom. The summed E-state index contributed by atoms with van der Waals surface area (Å²) in [4.78, 5) is 27.5. The third-order valence-corrected chi connectivity index (χ3v) is 5.10. The van der Waals surface area contributed by atoms with Gasteiger partial charge in [0.25, 0.3) is 0 Å². The fourth-order valence-electron chi connectivity index (χ4n) is 2.69. The summed E-state index contributed by atoms with van der Waals surface area (Å²) in [5, 5.41) is 7.33. The fraction of sp³-hybridized carbons (Fsp3) is 0.118. The highest BCUT2D eigenvalue weighted by Crippen LogP contribution is 2.51. The lowest BCUT2D eigenvalue weighted by atomic mass is 10.0. The molecule has 0 aromatic heterocycles. The number of amides is 1. The van der Waals surface area contributed by atoms with E-state index in [9.17, 15) is 9.59 Å². The third kappa shape index (κ3) is 3.16. The standard InChI is InChI=1S/C17H10Cl4N2O3/c1-6(24)22-17-14(20)12-11(13(19)15(17)21)9-4-3-8(18)5-10(9)16(12)23-26-7(2)25/h3-5H,1-2H3,(H,22,24)/b23-16+. The van der Waals surface area contributed by atoms with Crippen LogP contribution in [0.2, 0.25) is 20.1 Å². The van der Waals surface area contributed by atoms with Gasteiger partial charge in [0.2, 0.25) is 5.91 Å². The minimum Gasteiger partial charge on any atom is -0.324 e. The second-order valence-electron chi connectivity index (χ2n) is 5.46. The van der Waals surface area contributed by atoms with Crippen molar-refractivity contribution >= 4 is 69.7 Å². The van der Waals surface area contributed by atoms with Crippen LogP contribution in [0.1, 0.15) is 25.0 Å². The zero-order valence-electron chi connectivity index (χ0n) is 13.4. The quantitative estimate of drug-likeness (QED) is 0.328. The second-order valence-corrected chi connectivity index (χ2v) is 7.03. The zero-order chi connectivity index (χ0) is 19.2. The van der Waals surface area contributed by atoms with Gasteiger partial charge in [-0.1, -0.05) is 57.6 Å². The van der Waals surface area contributed by atoms with Crippen LogP contribution in [0, 0.1) is 0 Å². The van der Waals surface area contributed by atoms with Crippen LogP contribution in [0.3, 0.4) is 0 Å². The average molecular weight is 432 g/mol. The molecular formula is C17H10Cl4N2O3. The number of nitrogens with zero attached hydrogens (tertiary/aromatic N) is 1. The number of carbonyl (C=O) groups is 2. The predicted octanol–water partition coefficient (Wildman–Crippen LogP) is 5.55. The van der Waals surface area contributed by atoms with Gasteiger partial charge in [-0.05, 0) is 17.7 Å². The third-order valence-electron chi connectivity index (χ3n) is 3.63. The van der Waals surface area contributed by atoms with Gasteiger partial charge in [0.15, 0.2) is 0 Å². The average Bonchev–Trinajstić information content (AvgIpc) is 2.88. The van der Waals surface area contributed by atoms with E-state index in [1.807, 2.05) is 0 Å². The summed E-state index contributed by atoms with van der Waals surface area (Å²) in [7, 11) is 0. The normalized spacial score (nSPS) is 13.4. The van der Waals surface area contributed by atoms with Crippen molar-refractivity contribution in [3.63, 3.8) is 0 Å². The van der Waals surface area contributed by atoms with Crippen molar-refractivity contribution in [3.05, 3.63) is 49.4 Å². The minimum atomic E-state index is -0.604. The Balaban J connectivity index is 2.37. The van der Waals surface area contributed by atoms with Crippen LogP contribution in [0.25, 0.3) is 11.1 Å². The van der Waals surface area contributed by atoms with E-state index in [2.05, 4.69) is 10.5 Å². The van der Waals surface area contributed by atoms with Gasteiger partial charge < -0.3 is 10.2 Å². The van der Waals surface area contributed by atoms with Gasteiger partial charge in [-0.2, -0.15) is 0 Å². The molecule has 1 amide bonds. The number of rotatable bonds is 2. The molecule has 0 atom stereocenters. The molecule has 0 radical (unpaired) electrons. The number of fused-ring (bicyclic) bond motifs is 3. The Kier molecular flexibility index (Phi) is 5.17. The molecule has 0 saturated heterocycles. The first-order chi connectivity index (χ1) is 12.2. The molecule has 5 nitrogen and oxygen atoms in total. The van der Waals surface area contributed by atoms with Gasteiger partial charge in [-0.15, -0.1) is 0 Å². The summed E-state index contributed by atoms with van der Waals surface area (Å²) in [6, 6.07) is 5.07. The molecule has 0 spiro atoms. The molecule has 2 aromatic carbocycles. The number of carbonyl (C=O) groups excluding carboxylic acids is 2. The molecule has 26 heavy (non-hydrogen) atoms. The number of oxime groups is 1. The first kappa shape index (κ1) is 19.0. The smallest absolute Gasteiger partial charge is 0.324 e. The molecule has 0 fully saturated rings. The molecule has 2 aromatic rings. The van der Waals surface area contributed by atoms with Gasteiger partial charge in [-0.3, -0.25) is 4.79 Å². The highest BCUT2D eigenvalue weighted by molar-refractivity contribution is 6.51. The number of anilines is 1. The van der Waals surface area contributed by atoms with Crippen molar-refractivity contribution in [1.82, 2.24) is 0 Å². The Morgan fingerprint density at radius 3 is 2.27 bits per heavy atom. The first-order valence-corrected chi connectivity index (χ1v) is 8.77. The maximum absolute atomic E-state index is 11.5. The zero-order valence-corrected chi connectivity index (χ0v) is 16.4. The molecule has 0 heterocycles. The fourth-order valence-corrected chi connectivity index (χ4v) is 3.76. The van der Waals surface area contributed by atoms with Gasteiger partial charge in [-0.25, -0.2) is 4.79 Å². The minimum absolute atomic E-state index is 0.0975. The van der Waals surface area contributed by atoms with E-state index >= 15 is 0 Å². The van der Waals surface area contributed by atoms with E-state index in [0.717, 1.165) is 0 Å². The Labute approximate surface area is 168 Å². The molecule has 0 unspecified atom stereocenters. The number of hydrogen-bond acceptors (Lipinski definition) is 4. The first-order valence-electron chi connectivity index (χ1n) is 7.26. The van der Waals surface area contributed by atoms with Crippen molar-refractivity contribution in [2.24, 2.45) is 5.16 Å². The van der Waals surface area contributed by atoms with E-state index in [4.69, 9.17) is 51.2 Å². The highest BCUT2D eigenvalue weighted by atomic mass is 35.5. The Hall–Kier alpha value is -1.79. The molecule has 3 rings (SSSR count). The summed E-state index contributed by atoms with van der Waals surface area (Å²) < 4.78 is 0. The van der Waals surface area contributed by atoms with Gasteiger partial charge in [0, 0.05) is 35.6 Å². The predicted molar refractivity (Wildman–Crippen MR) is 104 cm³/mol.